The zero-order valence-corrected chi connectivity index (χ0v) is 12.6. The maximum absolute atomic E-state index is 9.44. The number of hydrogen-bond donors (Lipinski definition) is 2. The van der Waals surface area contributed by atoms with Gasteiger partial charge in [0.15, 0.2) is 0 Å². The second-order valence-electron chi connectivity index (χ2n) is 4.31. The van der Waals surface area contributed by atoms with Crippen LogP contribution in [0, 0.1) is 0 Å². The number of nitrogens with zero attached hydrogens (tertiary/aromatic N) is 1. The summed E-state index contributed by atoms with van der Waals surface area (Å²) in [7, 11) is 1.67. The molecule has 0 amide bonds. The van der Waals surface area contributed by atoms with Gasteiger partial charge in [-0.25, -0.2) is 0 Å². The van der Waals surface area contributed by atoms with Crippen molar-refractivity contribution in [1.82, 2.24) is 4.90 Å². The molecule has 0 heterocycles. The molecule has 0 fully saturated rings. The molecule has 100 valence electrons. The van der Waals surface area contributed by atoms with Crippen molar-refractivity contribution in [3.8, 4) is 0 Å². The van der Waals surface area contributed by atoms with E-state index in [0.29, 0.717) is 13.1 Å². The summed E-state index contributed by atoms with van der Waals surface area (Å²) in [5, 5.41) is 9.44. The van der Waals surface area contributed by atoms with Gasteiger partial charge in [-0.05, 0) is 33.0 Å². The molecule has 0 aromatic heterocycles. The molecule has 4 nitrogen and oxygen atoms in total. The molecule has 0 bridgehead atoms. The predicted molar refractivity (Wildman–Crippen MR) is 79.3 cm³/mol. The third-order valence-electron chi connectivity index (χ3n) is 2.26. The van der Waals surface area contributed by atoms with Crippen LogP contribution < -0.4 is 0 Å². The largest absolute Gasteiger partial charge is 0.474 e. The molecular weight excluding hydrogens is 257 g/mol. The Balaban J connectivity index is 4.21. The first-order chi connectivity index (χ1) is 7.85. The maximum Gasteiger partial charge on any atom is 0.257 e. The van der Waals surface area contributed by atoms with E-state index in [0.717, 1.165) is 6.54 Å². The average Bonchev–Trinajstić information content (AvgIpc) is 2.14. The monoisotopic (exact) mass is 279 g/mol. The Morgan fingerprint density at radius 3 is 2.24 bits per heavy atom. The van der Waals surface area contributed by atoms with Gasteiger partial charge in [0.1, 0.15) is 6.10 Å². The minimum Gasteiger partial charge on any atom is -0.474 e. The first-order valence-corrected chi connectivity index (χ1v) is 6.53. The summed E-state index contributed by atoms with van der Waals surface area (Å²) in [6, 6.07) is 0. The molecule has 1 N–H and O–H groups in total. The fourth-order valence-corrected chi connectivity index (χ4v) is 1.95. The molecule has 0 aliphatic rings. The number of thiocarbonyl (C=S) groups is 1. The van der Waals surface area contributed by atoms with Crippen LogP contribution in [0.2, 0.25) is 0 Å². The Morgan fingerprint density at radius 2 is 1.82 bits per heavy atom. The van der Waals surface area contributed by atoms with Crippen LogP contribution in [0.25, 0.3) is 0 Å². The number of thiol groups is 1. The van der Waals surface area contributed by atoms with E-state index in [-0.39, 0.29) is 22.7 Å². The molecular formula is C10H22BNO3S2. The van der Waals surface area contributed by atoms with Crippen LogP contribution in [-0.2, 0) is 9.39 Å². The van der Waals surface area contributed by atoms with Crippen LogP contribution in [0.3, 0.4) is 0 Å². The maximum atomic E-state index is 9.44. The second kappa shape index (κ2) is 9.16. The third-order valence-corrected chi connectivity index (χ3v) is 2.46. The quantitative estimate of drug-likeness (QED) is 0.378. The van der Waals surface area contributed by atoms with E-state index in [2.05, 4.69) is 17.5 Å². The topological polar surface area (TPSA) is 41.9 Å². The lowest BCUT2D eigenvalue weighted by Gasteiger charge is -2.28. The molecule has 17 heavy (non-hydrogen) atoms. The normalized spacial score (nSPS) is 16.6. The highest BCUT2D eigenvalue weighted by atomic mass is 32.1. The Morgan fingerprint density at radius 1 is 1.29 bits per heavy atom. The van der Waals surface area contributed by atoms with E-state index in [1.165, 1.54) is 0 Å². The SMILES string of the molecule is BOC(C)CN(CC(C)O)CC(C)OC(=S)S. The molecule has 0 aliphatic carbocycles. The van der Waals surface area contributed by atoms with Crippen molar-refractivity contribution in [3.05, 3.63) is 0 Å². The smallest absolute Gasteiger partial charge is 0.257 e. The van der Waals surface area contributed by atoms with Gasteiger partial charge < -0.3 is 14.5 Å². The highest BCUT2D eigenvalue weighted by Gasteiger charge is 2.16. The number of rotatable bonds is 8. The lowest BCUT2D eigenvalue weighted by atomic mass is 10.2. The number of aliphatic hydroxyl groups is 1. The van der Waals surface area contributed by atoms with Gasteiger partial charge in [0.2, 0.25) is 4.38 Å². The summed E-state index contributed by atoms with van der Waals surface area (Å²) < 4.78 is 10.8. The molecule has 3 atom stereocenters. The molecule has 0 spiro atoms. The zero-order valence-electron chi connectivity index (χ0n) is 10.9. The van der Waals surface area contributed by atoms with Crippen molar-refractivity contribution < 1.29 is 14.5 Å². The van der Waals surface area contributed by atoms with Crippen molar-refractivity contribution in [2.75, 3.05) is 19.6 Å². The summed E-state index contributed by atoms with van der Waals surface area (Å²) in [5.41, 5.74) is 0. The predicted octanol–water partition coefficient (Wildman–Crippen LogP) is 0.242. The first kappa shape index (κ1) is 17.2. The molecule has 0 radical (unpaired) electrons. The van der Waals surface area contributed by atoms with Gasteiger partial charge in [-0.1, -0.05) is 12.6 Å². The highest BCUT2D eigenvalue weighted by Crippen LogP contribution is 2.04. The van der Waals surface area contributed by atoms with Crippen molar-refractivity contribution in [2.24, 2.45) is 0 Å². The van der Waals surface area contributed by atoms with Crippen LogP contribution in [0.4, 0.5) is 0 Å². The van der Waals surface area contributed by atoms with Gasteiger partial charge in [0.05, 0.1) is 6.10 Å². The Hall–Kier alpha value is 0.185. The average molecular weight is 279 g/mol. The molecule has 3 unspecified atom stereocenters. The third kappa shape index (κ3) is 9.85. The second-order valence-corrected chi connectivity index (χ2v) is 5.39. The van der Waals surface area contributed by atoms with Crippen LogP contribution in [0.15, 0.2) is 0 Å². The van der Waals surface area contributed by atoms with Gasteiger partial charge in [0, 0.05) is 25.7 Å². The lowest BCUT2D eigenvalue weighted by Crippen LogP contribution is -2.41. The lowest BCUT2D eigenvalue weighted by molar-refractivity contribution is 0.0669. The van der Waals surface area contributed by atoms with Crippen LogP contribution in [0.1, 0.15) is 20.8 Å². The highest BCUT2D eigenvalue weighted by molar-refractivity contribution is 8.10. The molecule has 0 rings (SSSR count). The fourth-order valence-electron chi connectivity index (χ4n) is 1.61. The Kier molecular flexibility index (Phi) is 9.26. The Bertz CT molecular complexity index is 232. The summed E-state index contributed by atoms with van der Waals surface area (Å²) in [6.45, 7) is 7.69. The van der Waals surface area contributed by atoms with Gasteiger partial charge >= 0.3 is 0 Å². The molecule has 0 aromatic rings. The van der Waals surface area contributed by atoms with Crippen LogP contribution in [-0.4, -0.2) is 60.4 Å². The standard InChI is InChI=1S/C10H22BNO3S2/c1-7(13)4-12(6-9(3)15-11)5-8(2)14-10(16)17/h7-9,13H,4-6,11H2,1-3H3,(H,16,17). The van der Waals surface area contributed by atoms with Crippen LogP contribution in [0.5, 0.6) is 0 Å². The summed E-state index contributed by atoms with van der Waals surface area (Å²) >= 11 is 8.71. The molecule has 0 saturated heterocycles. The van der Waals surface area contributed by atoms with Gasteiger partial charge in [-0.3, -0.25) is 4.90 Å². The summed E-state index contributed by atoms with van der Waals surface area (Å²) in [6.07, 6.45) is -0.319. The molecule has 7 heteroatoms. The molecule has 0 aromatic carbocycles. The van der Waals surface area contributed by atoms with E-state index in [9.17, 15) is 5.11 Å². The van der Waals surface area contributed by atoms with Crippen molar-refractivity contribution in [1.29, 1.82) is 0 Å². The summed E-state index contributed by atoms with van der Waals surface area (Å²) in [5.74, 6) is 0. The molecule has 0 aliphatic heterocycles. The van der Waals surface area contributed by atoms with E-state index in [1.807, 2.05) is 13.8 Å². The molecule has 0 saturated carbocycles. The van der Waals surface area contributed by atoms with Gasteiger partial charge in [0.25, 0.3) is 8.05 Å². The van der Waals surface area contributed by atoms with Crippen molar-refractivity contribution >= 4 is 37.3 Å². The number of aliphatic hydroxyl groups excluding tert-OH is 1. The summed E-state index contributed by atoms with van der Waals surface area (Å²) in [4.78, 5) is 2.09. The zero-order chi connectivity index (χ0) is 13.4. The van der Waals surface area contributed by atoms with E-state index < -0.39 is 0 Å². The minimum absolute atomic E-state index is 0.0530. The first-order valence-electron chi connectivity index (χ1n) is 5.68. The Labute approximate surface area is 116 Å². The van der Waals surface area contributed by atoms with Crippen molar-refractivity contribution in [3.63, 3.8) is 0 Å². The van der Waals surface area contributed by atoms with Crippen LogP contribution >= 0.6 is 24.8 Å². The number of hydrogen-bond acceptors (Lipinski definition) is 5. The number of ether oxygens (including phenoxy) is 1. The van der Waals surface area contributed by atoms with Gasteiger partial charge in [-0.2, -0.15) is 0 Å². The van der Waals surface area contributed by atoms with Crippen molar-refractivity contribution in [2.45, 2.75) is 39.1 Å². The van der Waals surface area contributed by atoms with E-state index in [4.69, 9.17) is 21.6 Å². The van der Waals surface area contributed by atoms with E-state index >= 15 is 0 Å². The fraction of sp³-hybridized carbons (Fsp3) is 0.900. The van der Waals surface area contributed by atoms with Gasteiger partial charge in [-0.15, -0.1) is 0 Å². The minimum atomic E-state index is -0.380. The van der Waals surface area contributed by atoms with E-state index in [1.54, 1.807) is 15.0 Å².